The highest BCUT2D eigenvalue weighted by Crippen LogP contribution is 2.55. The number of benzene rings is 1. The minimum atomic E-state index is -1.17. The molecular weight excluding hydrogens is 597 g/mol. The average Bonchev–Trinajstić information content (AvgIpc) is 3.25. The van der Waals surface area contributed by atoms with E-state index in [0.717, 1.165) is 14.6 Å². The molecule has 3 rings (SSSR count). The summed E-state index contributed by atoms with van der Waals surface area (Å²) in [6.45, 7) is 20.5. The number of esters is 2. The third-order valence-electron chi connectivity index (χ3n) is 6.93. The number of hydrogen-bond donors (Lipinski definition) is 0. The molecule has 8 nitrogen and oxygen atoms in total. The molecule has 12 heteroatoms. The van der Waals surface area contributed by atoms with Gasteiger partial charge >= 0.3 is 11.9 Å². The summed E-state index contributed by atoms with van der Waals surface area (Å²) in [4.78, 5) is 45.8. The van der Waals surface area contributed by atoms with Crippen molar-refractivity contribution in [3.63, 3.8) is 0 Å². The van der Waals surface area contributed by atoms with Crippen molar-refractivity contribution in [2.24, 2.45) is 16.7 Å². The van der Waals surface area contributed by atoms with Crippen molar-refractivity contribution in [2.45, 2.75) is 90.7 Å². The van der Waals surface area contributed by atoms with Gasteiger partial charge in [0.15, 0.2) is 4.34 Å². The second kappa shape index (κ2) is 12.8. The highest BCUT2D eigenvalue weighted by Gasteiger charge is 2.63. The van der Waals surface area contributed by atoms with Gasteiger partial charge in [0.25, 0.3) is 0 Å². The molecule has 1 unspecified atom stereocenters. The smallest absolute Gasteiger partial charge is 0.357 e. The summed E-state index contributed by atoms with van der Waals surface area (Å²) in [7, 11) is 1.81. The predicted octanol–water partition coefficient (Wildman–Crippen LogP) is 7.28. The molecule has 41 heavy (non-hydrogen) atoms. The molecule has 2 aromatic rings. The topological polar surface area (TPSA) is 95.0 Å². The number of thiazole rings is 1. The lowest BCUT2D eigenvalue weighted by Crippen LogP contribution is -2.70. The summed E-state index contributed by atoms with van der Waals surface area (Å²) in [5, 5.41) is -0.431. The number of fused-ring (bicyclic) bond motifs is 1. The van der Waals surface area contributed by atoms with E-state index in [4.69, 9.17) is 18.9 Å². The summed E-state index contributed by atoms with van der Waals surface area (Å²) in [5.41, 5.74) is -0.202. The zero-order chi connectivity index (χ0) is 30.9. The van der Waals surface area contributed by atoms with Gasteiger partial charge in [-0.05, 0) is 88.6 Å². The molecule has 0 N–H and O–H groups in total. The number of ether oxygens (including phenoxy) is 2. The maximum absolute atomic E-state index is 14.1. The first-order valence-corrected chi connectivity index (χ1v) is 18.8. The number of hydrogen-bond acceptors (Lipinski definition) is 10. The summed E-state index contributed by atoms with van der Waals surface area (Å²) < 4.78 is 19.1. The fourth-order valence-corrected chi connectivity index (χ4v) is 9.75. The Morgan fingerprint density at radius 3 is 2.22 bits per heavy atom. The van der Waals surface area contributed by atoms with Crippen molar-refractivity contribution in [1.82, 2.24) is 9.88 Å². The number of β-lactam (4-membered cyclic amide) rings is 1. The van der Waals surface area contributed by atoms with Crippen molar-refractivity contribution in [3.8, 4) is 0 Å². The molecule has 0 spiro atoms. The van der Waals surface area contributed by atoms with Crippen molar-refractivity contribution < 1.29 is 28.3 Å². The normalized spacial score (nSPS) is 19.1. The van der Waals surface area contributed by atoms with Crippen LogP contribution in [0.4, 0.5) is 0 Å². The number of aromatic nitrogens is 1. The first-order chi connectivity index (χ1) is 18.9. The fourth-order valence-electron chi connectivity index (χ4n) is 4.36. The van der Waals surface area contributed by atoms with Gasteiger partial charge in [-0.3, -0.25) is 14.5 Å². The van der Waals surface area contributed by atoms with Crippen LogP contribution in [0.3, 0.4) is 0 Å². The van der Waals surface area contributed by atoms with E-state index < -0.39 is 50.1 Å². The Labute approximate surface area is 257 Å². The van der Waals surface area contributed by atoms with Gasteiger partial charge in [-0.25, -0.2) is 9.78 Å². The number of para-hydroxylation sites is 1. The lowest BCUT2D eigenvalue weighted by Gasteiger charge is -2.58. The van der Waals surface area contributed by atoms with Gasteiger partial charge in [0, 0.05) is 0 Å². The van der Waals surface area contributed by atoms with E-state index in [1.165, 1.54) is 26.5 Å². The minimum absolute atomic E-state index is 0.148. The third-order valence-corrected chi connectivity index (χ3v) is 11.8. The van der Waals surface area contributed by atoms with Gasteiger partial charge in [0.1, 0.15) is 11.1 Å². The molecule has 2 heterocycles. The molecule has 0 saturated carbocycles. The summed E-state index contributed by atoms with van der Waals surface area (Å²) >= 11 is 1.59. The second-order valence-electron chi connectivity index (χ2n) is 12.7. The van der Waals surface area contributed by atoms with Gasteiger partial charge in [0.05, 0.1) is 27.2 Å². The molecular formula is C29H41N2O6S3Si. The van der Waals surface area contributed by atoms with E-state index in [1.54, 1.807) is 46.0 Å². The molecule has 1 aromatic heterocycles. The van der Waals surface area contributed by atoms with Gasteiger partial charge in [0.2, 0.25) is 21.7 Å². The van der Waals surface area contributed by atoms with Crippen LogP contribution >= 0.6 is 32.9 Å². The molecule has 225 valence electrons. The highest BCUT2D eigenvalue weighted by molar-refractivity contribution is 8.77. The Kier molecular flexibility index (Phi) is 10.5. The Hall–Kier alpha value is -1.86. The molecule has 1 saturated heterocycles. The predicted molar refractivity (Wildman–Crippen MR) is 168 cm³/mol. The number of rotatable bonds is 10. The monoisotopic (exact) mass is 637 g/mol. The third kappa shape index (κ3) is 7.38. The zero-order valence-corrected chi connectivity index (χ0v) is 29.2. The van der Waals surface area contributed by atoms with Crippen LogP contribution in [0.25, 0.3) is 10.2 Å². The molecule has 0 aliphatic carbocycles. The van der Waals surface area contributed by atoms with E-state index >= 15 is 0 Å². The van der Waals surface area contributed by atoms with Crippen molar-refractivity contribution in [3.05, 3.63) is 35.5 Å². The second-order valence-corrected chi connectivity index (χ2v) is 18.3. The lowest BCUT2D eigenvalue weighted by atomic mass is 9.66. The number of carbonyl (C=O) groups excluding carboxylic acids is 3. The molecule has 1 amide bonds. The van der Waals surface area contributed by atoms with Crippen molar-refractivity contribution >= 4 is 70.0 Å². The number of likely N-dealkylation sites (tertiary alicyclic amines) is 1. The number of allylic oxidation sites excluding steroid dienone is 1. The highest BCUT2D eigenvalue weighted by atomic mass is 33.1. The van der Waals surface area contributed by atoms with E-state index in [9.17, 15) is 14.4 Å². The van der Waals surface area contributed by atoms with E-state index in [-0.39, 0.29) is 17.0 Å². The minimum Gasteiger partial charge on any atom is -0.427 e. The Morgan fingerprint density at radius 2 is 1.68 bits per heavy atom. The summed E-state index contributed by atoms with van der Waals surface area (Å²) in [6, 6.07) is 7.95. The number of carbonyl (C=O) groups is 3. The molecule has 1 fully saturated rings. The van der Waals surface area contributed by atoms with Gasteiger partial charge < -0.3 is 13.9 Å². The van der Waals surface area contributed by atoms with Crippen LogP contribution in [0.2, 0.25) is 13.1 Å². The van der Waals surface area contributed by atoms with E-state index in [1.807, 2.05) is 31.2 Å². The largest absolute Gasteiger partial charge is 0.427 e. The standard InChI is InChI=1S/C29H41N2O6S3Si/c1-17(2)21(24(33)35-16-36-25(34)27(3,4)5)31-22(32)20(29(9,28(6,7)8)37-41(10)11)23(31)39-40-26-30-18-14-12-13-15-19(18)38-26/h12-15,20,23H,16H2,1-11H3/t20-,23-,29?/m1/s1. The number of nitrogens with zero attached hydrogens (tertiary/aromatic N) is 2. The molecule has 0 bridgehead atoms. The first kappa shape index (κ1) is 33.6. The Balaban J connectivity index is 1.94. The zero-order valence-electron chi connectivity index (χ0n) is 25.7. The first-order valence-electron chi connectivity index (χ1n) is 13.4. The Morgan fingerprint density at radius 1 is 1.05 bits per heavy atom. The summed E-state index contributed by atoms with van der Waals surface area (Å²) in [5.74, 6) is -1.93. The van der Waals surface area contributed by atoms with Crippen LogP contribution in [-0.2, 0) is 28.3 Å². The van der Waals surface area contributed by atoms with E-state index in [0.29, 0.717) is 5.57 Å². The van der Waals surface area contributed by atoms with Crippen LogP contribution in [0.1, 0.15) is 62.3 Å². The van der Waals surface area contributed by atoms with Crippen LogP contribution in [0.5, 0.6) is 0 Å². The van der Waals surface area contributed by atoms with Gasteiger partial charge in [-0.1, -0.05) is 43.7 Å². The van der Waals surface area contributed by atoms with Crippen LogP contribution in [0.15, 0.2) is 39.9 Å². The van der Waals surface area contributed by atoms with E-state index in [2.05, 4.69) is 33.9 Å². The van der Waals surface area contributed by atoms with Crippen LogP contribution < -0.4 is 0 Å². The molecule has 1 aromatic carbocycles. The quantitative estimate of drug-likeness (QED) is 0.0665. The lowest BCUT2D eigenvalue weighted by molar-refractivity contribution is -0.180. The van der Waals surface area contributed by atoms with Crippen molar-refractivity contribution in [1.29, 1.82) is 0 Å². The van der Waals surface area contributed by atoms with Crippen LogP contribution in [-0.4, -0.2) is 54.5 Å². The average molecular weight is 638 g/mol. The van der Waals surface area contributed by atoms with Gasteiger partial charge in [-0.15, -0.1) is 11.3 Å². The number of amides is 1. The fraction of sp³-hybridized carbons (Fsp3) is 0.586. The Bertz CT molecular complexity index is 1290. The van der Waals surface area contributed by atoms with Gasteiger partial charge in [-0.2, -0.15) is 0 Å². The maximum Gasteiger partial charge on any atom is 0.357 e. The van der Waals surface area contributed by atoms with Crippen molar-refractivity contribution in [2.75, 3.05) is 6.79 Å². The SMILES string of the molecule is CC(C)=C(C(=O)OCOC(=O)C(C)(C)C)N1C(=O)[C@@H](C(C)(O[Si](C)C)C(C)(C)C)[C@H]1SSc1nc2ccccc2s1. The molecule has 1 aliphatic rings. The molecule has 1 radical (unpaired) electrons. The molecule has 1 aliphatic heterocycles. The molecule has 3 atom stereocenters. The maximum atomic E-state index is 14.1. The van der Waals surface area contributed by atoms with Crippen LogP contribution in [0, 0.1) is 16.7 Å². The summed E-state index contributed by atoms with van der Waals surface area (Å²) in [6.07, 6.45) is 0.